The highest BCUT2D eigenvalue weighted by atomic mass is 32.1. The second-order valence-electron chi connectivity index (χ2n) is 5.49. The van der Waals surface area contributed by atoms with Crippen LogP contribution in [-0.4, -0.2) is 77.5 Å². The third-order valence-corrected chi connectivity index (χ3v) is 3.72. The zero-order chi connectivity index (χ0) is 20.1. The SMILES string of the molecule is NCCCCC(NC(=O)CNC(=O)C(N)CO)C(=O)NC(CS)C(=O)O. The van der Waals surface area contributed by atoms with Gasteiger partial charge in [0.2, 0.25) is 17.7 Å². The molecule has 0 saturated carbocycles. The average Bonchev–Trinajstić information content (AvgIpc) is 2.62. The Morgan fingerprint density at radius 1 is 1.04 bits per heavy atom. The summed E-state index contributed by atoms with van der Waals surface area (Å²) >= 11 is 3.86. The standard InChI is InChI=1S/C14H27N5O6S/c15-4-2-1-3-9(13(23)19-10(7-26)14(24)25)18-11(21)5-17-12(22)8(16)6-20/h8-10,20,26H,1-7,15-16H2,(H,17,22)(H,18,21)(H,19,23)(H,24,25). The van der Waals surface area contributed by atoms with Crippen molar-refractivity contribution in [3.63, 3.8) is 0 Å². The maximum Gasteiger partial charge on any atom is 0.327 e. The van der Waals surface area contributed by atoms with Crippen LogP contribution in [0.3, 0.4) is 0 Å². The van der Waals surface area contributed by atoms with Crippen molar-refractivity contribution < 1.29 is 29.4 Å². The molecule has 0 fully saturated rings. The summed E-state index contributed by atoms with van der Waals surface area (Å²) in [4.78, 5) is 46.6. The first-order valence-electron chi connectivity index (χ1n) is 8.04. The van der Waals surface area contributed by atoms with E-state index in [1.165, 1.54) is 0 Å². The van der Waals surface area contributed by atoms with Gasteiger partial charge in [-0.05, 0) is 25.8 Å². The lowest BCUT2D eigenvalue weighted by atomic mass is 10.1. The van der Waals surface area contributed by atoms with Crippen LogP contribution in [0.25, 0.3) is 0 Å². The summed E-state index contributed by atoms with van der Waals surface area (Å²) < 4.78 is 0. The smallest absolute Gasteiger partial charge is 0.327 e. The number of carbonyl (C=O) groups excluding carboxylic acids is 3. The number of thiol groups is 1. The zero-order valence-corrected chi connectivity index (χ0v) is 15.2. The summed E-state index contributed by atoms with van der Waals surface area (Å²) in [7, 11) is 0. The maximum atomic E-state index is 12.2. The van der Waals surface area contributed by atoms with E-state index in [9.17, 15) is 19.2 Å². The molecular weight excluding hydrogens is 366 g/mol. The van der Waals surface area contributed by atoms with E-state index in [2.05, 4.69) is 28.6 Å². The van der Waals surface area contributed by atoms with E-state index in [1.54, 1.807) is 0 Å². The Labute approximate surface area is 156 Å². The van der Waals surface area contributed by atoms with Gasteiger partial charge in [-0.15, -0.1) is 0 Å². The number of hydrogen-bond acceptors (Lipinski definition) is 8. The number of carboxylic acid groups (broad SMARTS) is 1. The van der Waals surface area contributed by atoms with Crippen LogP contribution in [0.15, 0.2) is 0 Å². The predicted octanol–water partition coefficient (Wildman–Crippen LogP) is -3.46. The normalized spacial score (nSPS) is 14.0. The second-order valence-corrected chi connectivity index (χ2v) is 5.86. The molecule has 9 N–H and O–H groups in total. The van der Waals surface area contributed by atoms with E-state index in [0.717, 1.165) is 0 Å². The lowest BCUT2D eigenvalue weighted by molar-refractivity contribution is -0.141. The molecule has 0 spiro atoms. The Bertz CT molecular complexity index is 492. The van der Waals surface area contributed by atoms with Crippen molar-refractivity contribution in [2.24, 2.45) is 11.5 Å². The molecule has 12 heteroatoms. The second kappa shape index (κ2) is 13.3. The largest absolute Gasteiger partial charge is 0.480 e. The quantitative estimate of drug-likeness (QED) is 0.117. The number of aliphatic hydroxyl groups excluding tert-OH is 1. The molecule has 0 heterocycles. The van der Waals surface area contributed by atoms with Gasteiger partial charge in [-0.3, -0.25) is 14.4 Å². The number of nitrogens with one attached hydrogen (secondary N) is 3. The molecule has 3 unspecified atom stereocenters. The molecule has 3 amide bonds. The van der Waals surface area contributed by atoms with Crippen molar-refractivity contribution in [1.82, 2.24) is 16.0 Å². The summed E-state index contributed by atoms with van der Waals surface area (Å²) in [5.41, 5.74) is 10.7. The van der Waals surface area contributed by atoms with Crippen molar-refractivity contribution >= 4 is 36.3 Å². The first kappa shape index (κ1) is 24.1. The van der Waals surface area contributed by atoms with Gasteiger partial charge < -0.3 is 37.6 Å². The highest BCUT2D eigenvalue weighted by Crippen LogP contribution is 2.02. The van der Waals surface area contributed by atoms with Gasteiger partial charge in [0.1, 0.15) is 18.1 Å². The molecule has 0 aliphatic heterocycles. The monoisotopic (exact) mass is 393 g/mol. The molecular formula is C14H27N5O6S. The Balaban J connectivity index is 4.75. The molecule has 0 bridgehead atoms. The van der Waals surface area contributed by atoms with Gasteiger partial charge in [-0.25, -0.2) is 4.79 Å². The van der Waals surface area contributed by atoms with Crippen LogP contribution < -0.4 is 27.4 Å². The van der Waals surface area contributed by atoms with E-state index in [0.29, 0.717) is 19.4 Å². The number of aliphatic hydroxyl groups is 1. The van der Waals surface area contributed by atoms with Gasteiger partial charge in [0.05, 0.1) is 13.2 Å². The molecule has 0 aromatic rings. The van der Waals surface area contributed by atoms with Crippen molar-refractivity contribution in [1.29, 1.82) is 0 Å². The van der Waals surface area contributed by atoms with E-state index in [-0.39, 0.29) is 12.2 Å². The molecule has 0 saturated heterocycles. The minimum atomic E-state index is -1.24. The zero-order valence-electron chi connectivity index (χ0n) is 14.3. The van der Waals surface area contributed by atoms with Gasteiger partial charge >= 0.3 is 5.97 Å². The first-order valence-corrected chi connectivity index (χ1v) is 8.67. The molecule has 0 aliphatic carbocycles. The van der Waals surface area contributed by atoms with Gasteiger partial charge in [-0.1, -0.05) is 0 Å². The van der Waals surface area contributed by atoms with Crippen molar-refractivity contribution in [2.75, 3.05) is 25.4 Å². The van der Waals surface area contributed by atoms with Crippen molar-refractivity contribution in [3.05, 3.63) is 0 Å². The van der Waals surface area contributed by atoms with E-state index in [4.69, 9.17) is 21.7 Å². The third-order valence-electron chi connectivity index (χ3n) is 3.35. The highest BCUT2D eigenvalue weighted by molar-refractivity contribution is 7.80. The summed E-state index contributed by atoms with van der Waals surface area (Å²) in [5.74, 6) is -3.40. The summed E-state index contributed by atoms with van der Waals surface area (Å²) in [6.45, 7) is -0.605. The molecule has 0 aromatic carbocycles. The third kappa shape index (κ3) is 9.56. The minimum Gasteiger partial charge on any atom is -0.480 e. The molecule has 0 aromatic heterocycles. The summed E-state index contributed by atoms with van der Waals surface area (Å²) in [6.07, 6.45) is 1.41. The van der Waals surface area contributed by atoms with E-state index >= 15 is 0 Å². The molecule has 26 heavy (non-hydrogen) atoms. The van der Waals surface area contributed by atoms with E-state index in [1.807, 2.05) is 0 Å². The Hall–Kier alpha value is -1.89. The molecule has 3 atom stereocenters. The molecule has 0 radical (unpaired) electrons. The van der Waals surface area contributed by atoms with Gasteiger partial charge in [0.25, 0.3) is 0 Å². The highest BCUT2D eigenvalue weighted by Gasteiger charge is 2.25. The summed E-state index contributed by atoms with van der Waals surface area (Å²) in [5, 5.41) is 24.7. The lowest BCUT2D eigenvalue weighted by Crippen LogP contribution is -2.54. The number of nitrogens with two attached hydrogens (primary N) is 2. The first-order chi connectivity index (χ1) is 12.3. The number of carbonyl (C=O) groups is 4. The Morgan fingerprint density at radius 3 is 2.19 bits per heavy atom. The fourth-order valence-corrected chi connectivity index (χ4v) is 2.09. The fraction of sp³-hybridized carbons (Fsp3) is 0.714. The molecule has 150 valence electrons. The number of carboxylic acids is 1. The molecule has 0 aliphatic rings. The number of unbranched alkanes of at least 4 members (excludes halogenated alkanes) is 1. The maximum absolute atomic E-state index is 12.2. The number of aliphatic carboxylic acids is 1. The number of rotatable bonds is 13. The van der Waals surface area contributed by atoms with Crippen LogP contribution in [0.1, 0.15) is 19.3 Å². The number of hydrogen-bond donors (Lipinski definition) is 8. The van der Waals surface area contributed by atoms with Gasteiger partial charge in [0.15, 0.2) is 0 Å². The van der Waals surface area contributed by atoms with Gasteiger partial charge in [0, 0.05) is 5.75 Å². The van der Waals surface area contributed by atoms with Crippen LogP contribution in [0, 0.1) is 0 Å². The van der Waals surface area contributed by atoms with Crippen molar-refractivity contribution in [3.8, 4) is 0 Å². The van der Waals surface area contributed by atoms with Crippen LogP contribution in [-0.2, 0) is 19.2 Å². The van der Waals surface area contributed by atoms with Crippen LogP contribution in [0.5, 0.6) is 0 Å². The minimum absolute atomic E-state index is 0.111. The van der Waals surface area contributed by atoms with E-state index < -0.39 is 55.0 Å². The topological polar surface area (TPSA) is 197 Å². The average molecular weight is 393 g/mol. The lowest BCUT2D eigenvalue weighted by Gasteiger charge is -2.21. The molecule has 11 nitrogen and oxygen atoms in total. The van der Waals surface area contributed by atoms with Crippen LogP contribution >= 0.6 is 12.6 Å². The fourth-order valence-electron chi connectivity index (χ4n) is 1.85. The van der Waals surface area contributed by atoms with Crippen LogP contribution in [0.4, 0.5) is 0 Å². The van der Waals surface area contributed by atoms with Gasteiger partial charge in [-0.2, -0.15) is 12.6 Å². The Morgan fingerprint density at radius 2 is 1.69 bits per heavy atom. The summed E-state index contributed by atoms with van der Waals surface area (Å²) in [6, 6.07) is -3.33. The van der Waals surface area contributed by atoms with Crippen molar-refractivity contribution in [2.45, 2.75) is 37.4 Å². The van der Waals surface area contributed by atoms with Crippen LogP contribution in [0.2, 0.25) is 0 Å². The molecule has 0 rings (SSSR count). The number of amides is 3. The predicted molar refractivity (Wildman–Crippen MR) is 96.3 cm³/mol. The Kier molecular flexibility index (Phi) is 12.4.